The van der Waals surface area contributed by atoms with Crippen molar-refractivity contribution in [3.63, 3.8) is 0 Å². The zero-order valence-electron chi connectivity index (χ0n) is 15.4. The quantitative estimate of drug-likeness (QED) is 0.286. The molecule has 0 bridgehead atoms. The smallest absolute Gasteiger partial charge is 0.810 e. The Bertz CT molecular complexity index is 293. The van der Waals surface area contributed by atoms with E-state index in [2.05, 4.69) is 20.8 Å². The van der Waals surface area contributed by atoms with Crippen molar-refractivity contribution in [1.82, 2.24) is 0 Å². The average Bonchev–Trinajstić information content (AvgIpc) is 2.46. The normalized spacial score (nSPS) is 12.2. The van der Waals surface area contributed by atoms with Crippen LogP contribution < -0.4 is 9.79 Å². The molecule has 3 nitrogen and oxygen atoms in total. The molecule has 0 amide bonds. The van der Waals surface area contributed by atoms with Crippen molar-refractivity contribution in [2.24, 2.45) is 0 Å². The van der Waals surface area contributed by atoms with Gasteiger partial charge >= 0.3 is 16.8 Å². The van der Waals surface area contributed by atoms with Crippen molar-refractivity contribution in [3.8, 4) is 0 Å². The van der Waals surface area contributed by atoms with Crippen LogP contribution in [0.15, 0.2) is 0 Å². The minimum Gasteiger partial charge on any atom is -0.810 e. The van der Waals surface area contributed by atoms with Crippen LogP contribution in [0.5, 0.6) is 0 Å². The van der Waals surface area contributed by atoms with Crippen LogP contribution in [0.1, 0.15) is 111 Å². The topological polar surface area (TPSA) is 63.2 Å². The largest absolute Gasteiger partial charge is 2.00 e. The Morgan fingerprint density at radius 2 is 0.957 bits per heavy atom. The van der Waals surface area contributed by atoms with E-state index in [1.807, 2.05) is 0 Å². The fourth-order valence-corrected chi connectivity index (χ4v) is 4.55. The summed E-state index contributed by atoms with van der Waals surface area (Å²) in [6, 6.07) is 0. The Hall–Kier alpha value is 0.656. The summed E-state index contributed by atoms with van der Waals surface area (Å²) in [4.78, 5) is 24.1. The van der Waals surface area contributed by atoms with E-state index < -0.39 is 12.8 Å². The molecular formula is C18H37CoO3P. The van der Waals surface area contributed by atoms with Crippen molar-refractivity contribution in [3.05, 3.63) is 0 Å². The Kier molecular flexibility index (Phi) is 16.8. The molecular weight excluding hydrogens is 354 g/mol. The molecule has 0 saturated heterocycles. The standard InChI is InChI=1S/C18H39O3P.Co/c1-4-7-10-13-16-18(22(19,20)21,15-12-9-6-3)17-14-11-8-5-2;/h4-17H2,1-3H3,(H2,19,20,21);/q;+2/p-2. The molecule has 0 N–H and O–H groups in total. The number of unbranched alkanes of at least 4 members (excludes halogenated alkanes) is 8. The minimum absolute atomic E-state index is 0. The Morgan fingerprint density at radius 1 is 0.652 bits per heavy atom. The molecule has 0 atom stereocenters. The Morgan fingerprint density at radius 3 is 1.26 bits per heavy atom. The van der Waals surface area contributed by atoms with Crippen molar-refractivity contribution < 1.29 is 31.1 Å². The molecule has 0 aromatic heterocycles. The van der Waals surface area contributed by atoms with Gasteiger partial charge in [-0.1, -0.05) is 99.0 Å². The Balaban J connectivity index is 0. The van der Waals surface area contributed by atoms with Gasteiger partial charge in [0.15, 0.2) is 0 Å². The fourth-order valence-electron chi connectivity index (χ4n) is 3.25. The molecule has 0 aliphatic rings. The van der Waals surface area contributed by atoms with Crippen molar-refractivity contribution >= 4 is 7.60 Å². The summed E-state index contributed by atoms with van der Waals surface area (Å²) in [5.41, 5.74) is 0. The summed E-state index contributed by atoms with van der Waals surface area (Å²) in [6.45, 7) is 6.40. The van der Waals surface area contributed by atoms with Crippen LogP contribution in [0.4, 0.5) is 0 Å². The Labute approximate surface area is 154 Å². The molecule has 23 heavy (non-hydrogen) atoms. The van der Waals surface area contributed by atoms with Crippen LogP contribution in [-0.4, -0.2) is 5.16 Å². The third-order valence-electron chi connectivity index (χ3n) is 4.82. The van der Waals surface area contributed by atoms with Gasteiger partial charge in [0.05, 0.1) is 0 Å². The summed E-state index contributed by atoms with van der Waals surface area (Å²) in [5, 5.41) is -0.969. The van der Waals surface area contributed by atoms with Gasteiger partial charge in [-0.15, -0.1) is 0 Å². The van der Waals surface area contributed by atoms with Gasteiger partial charge in [-0.3, -0.25) is 0 Å². The number of rotatable bonds is 15. The number of hydrogen-bond donors (Lipinski definition) is 0. The predicted octanol–water partition coefficient (Wildman–Crippen LogP) is 5.16. The molecule has 0 aromatic carbocycles. The SMILES string of the molecule is CCCCCCC(CCCCC)(CCCCCC)P(=O)([O-])[O-].[Co+2]. The third kappa shape index (κ3) is 11.0. The molecule has 0 aliphatic carbocycles. The van der Waals surface area contributed by atoms with E-state index in [-0.39, 0.29) is 16.8 Å². The van der Waals surface area contributed by atoms with Gasteiger partial charge in [-0.25, -0.2) is 0 Å². The number of hydrogen-bond acceptors (Lipinski definition) is 3. The zero-order chi connectivity index (χ0) is 16.9. The molecule has 141 valence electrons. The summed E-state index contributed by atoms with van der Waals surface area (Å²) in [6.07, 6.45) is 13.0. The maximum Gasteiger partial charge on any atom is 2.00 e. The molecule has 1 radical (unpaired) electrons. The van der Waals surface area contributed by atoms with Crippen LogP contribution >= 0.6 is 7.60 Å². The molecule has 0 unspecified atom stereocenters. The molecule has 0 heterocycles. The fraction of sp³-hybridized carbons (Fsp3) is 1.00. The molecule has 0 fully saturated rings. The summed E-state index contributed by atoms with van der Waals surface area (Å²) in [7, 11) is -4.54. The van der Waals surface area contributed by atoms with Crippen LogP contribution in [0.25, 0.3) is 0 Å². The molecule has 5 heteroatoms. The van der Waals surface area contributed by atoms with E-state index >= 15 is 0 Å². The van der Waals surface area contributed by atoms with E-state index in [0.717, 1.165) is 70.6 Å². The van der Waals surface area contributed by atoms with Gasteiger partial charge in [0, 0.05) is 0 Å². The molecule has 0 aliphatic heterocycles. The summed E-state index contributed by atoms with van der Waals surface area (Å²) in [5.74, 6) is 0. The average molecular weight is 391 g/mol. The maximum atomic E-state index is 12.0. The van der Waals surface area contributed by atoms with E-state index in [0.29, 0.717) is 19.3 Å². The van der Waals surface area contributed by atoms with Gasteiger partial charge in [0.25, 0.3) is 0 Å². The first-order valence-electron chi connectivity index (χ1n) is 9.45. The van der Waals surface area contributed by atoms with Crippen molar-refractivity contribution in [1.29, 1.82) is 0 Å². The first-order chi connectivity index (χ1) is 10.4. The van der Waals surface area contributed by atoms with Gasteiger partial charge in [-0.2, -0.15) is 0 Å². The van der Waals surface area contributed by atoms with Crippen LogP contribution in [0.3, 0.4) is 0 Å². The van der Waals surface area contributed by atoms with Gasteiger partial charge in [0.1, 0.15) is 0 Å². The zero-order valence-corrected chi connectivity index (χ0v) is 17.3. The van der Waals surface area contributed by atoms with Crippen LogP contribution in [0, 0.1) is 0 Å². The maximum absolute atomic E-state index is 12.0. The van der Waals surface area contributed by atoms with E-state index in [4.69, 9.17) is 0 Å². The van der Waals surface area contributed by atoms with E-state index in [1.54, 1.807) is 0 Å². The minimum atomic E-state index is -4.54. The van der Waals surface area contributed by atoms with Crippen molar-refractivity contribution in [2.45, 2.75) is 116 Å². The second-order valence-electron chi connectivity index (χ2n) is 6.80. The van der Waals surface area contributed by atoms with Crippen LogP contribution in [0.2, 0.25) is 0 Å². The first-order valence-corrected chi connectivity index (χ1v) is 11.0. The predicted molar refractivity (Wildman–Crippen MR) is 92.0 cm³/mol. The monoisotopic (exact) mass is 391 g/mol. The molecule has 0 spiro atoms. The third-order valence-corrected chi connectivity index (χ3v) is 6.65. The van der Waals surface area contributed by atoms with Crippen molar-refractivity contribution in [2.75, 3.05) is 0 Å². The van der Waals surface area contributed by atoms with Gasteiger partial charge in [0.2, 0.25) is 0 Å². The van der Waals surface area contributed by atoms with E-state index in [9.17, 15) is 14.4 Å². The van der Waals surface area contributed by atoms with Crippen LogP contribution in [-0.2, 0) is 21.3 Å². The second kappa shape index (κ2) is 15.0. The molecule has 0 aromatic rings. The summed E-state index contributed by atoms with van der Waals surface area (Å²) >= 11 is 0. The molecule has 0 saturated carbocycles. The first kappa shape index (κ1) is 25.9. The van der Waals surface area contributed by atoms with E-state index in [1.165, 1.54) is 0 Å². The van der Waals surface area contributed by atoms with Gasteiger partial charge < -0.3 is 14.4 Å². The molecule has 0 rings (SSSR count). The van der Waals surface area contributed by atoms with Gasteiger partial charge in [-0.05, 0) is 24.4 Å². The summed E-state index contributed by atoms with van der Waals surface area (Å²) < 4.78 is 12.0. The second-order valence-corrected chi connectivity index (χ2v) is 8.74.